The number of carbonyl (C=O) groups excluding carboxylic acids is 1. The number of rotatable bonds is 5. The van der Waals surface area contributed by atoms with Crippen LogP contribution in [0.4, 0.5) is 0 Å². The van der Waals surface area contributed by atoms with Gasteiger partial charge in [-0.1, -0.05) is 30.2 Å². The van der Waals surface area contributed by atoms with Gasteiger partial charge in [0, 0.05) is 53.7 Å². The molecule has 4 aromatic rings. The topological polar surface area (TPSA) is 36.2 Å². The van der Waals surface area contributed by atoms with Crippen molar-refractivity contribution in [3.8, 4) is 0 Å². The number of ether oxygens (including phenoxy) is 1. The number of hydrogen-bond acceptors (Lipinski definition) is 2. The minimum Gasteiger partial charge on any atom is -0.466 e. The van der Waals surface area contributed by atoms with E-state index in [2.05, 4.69) is 92.8 Å². The van der Waals surface area contributed by atoms with Crippen LogP contribution in [0.5, 0.6) is 0 Å². The molecular weight excluding hydrogens is 372 g/mol. The molecule has 0 aliphatic carbocycles. The molecule has 4 rings (SSSR count). The van der Waals surface area contributed by atoms with Gasteiger partial charge in [0.15, 0.2) is 0 Å². The molecule has 0 bridgehead atoms. The van der Waals surface area contributed by atoms with Crippen LogP contribution in [0.3, 0.4) is 0 Å². The lowest BCUT2D eigenvalue weighted by Gasteiger charge is -2.29. The Bertz CT molecular complexity index is 1170. The van der Waals surface area contributed by atoms with Crippen LogP contribution in [0.15, 0.2) is 48.8 Å². The first-order valence-corrected chi connectivity index (χ1v) is 10.5. The lowest BCUT2D eigenvalue weighted by atomic mass is 9.73. The number of aromatic nitrogens is 2. The van der Waals surface area contributed by atoms with Gasteiger partial charge in [-0.25, -0.2) is 0 Å². The van der Waals surface area contributed by atoms with Crippen molar-refractivity contribution in [1.29, 1.82) is 0 Å². The van der Waals surface area contributed by atoms with Gasteiger partial charge >= 0.3 is 5.97 Å². The third-order valence-electron chi connectivity index (χ3n) is 6.28. The minimum absolute atomic E-state index is 0.172. The first-order valence-electron chi connectivity index (χ1n) is 10.5. The first-order chi connectivity index (χ1) is 14.2. The summed E-state index contributed by atoms with van der Waals surface area (Å²) in [5.41, 5.74) is 6.55. The number of nitrogens with zero attached hydrogens (tertiary/aromatic N) is 2. The average molecular weight is 403 g/mol. The van der Waals surface area contributed by atoms with Crippen molar-refractivity contribution in [3.63, 3.8) is 0 Å². The van der Waals surface area contributed by atoms with Gasteiger partial charge in [-0.2, -0.15) is 0 Å². The number of fused-ring (bicyclic) bond motifs is 2. The zero-order chi connectivity index (χ0) is 21.6. The second-order valence-electron chi connectivity index (χ2n) is 8.66. The fraction of sp³-hybridized carbons (Fsp3) is 0.346. The van der Waals surface area contributed by atoms with E-state index in [-0.39, 0.29) is 5.97 Å². The van der Waals surface area contributed by atoms with Crippen molar-refractivity contribution in [2.24, 2.45) is 14.1 Å². The molecule has 0 saturated heterocycles. The van der Waals surface area contributed by atoms with Crippen molar-refractivity contribution < 1.29 is 9.53 Å². The summed E-state index contributed by atoms with van der Waals surface area (Å²) in [5.74, 6) is -0.172. The van der Waals surface area contributed by atoms with E-state index in [0.717, 1.165) is 11.1 Å². The smallest absolute Gasteiger partial charge is 0.307 e. The van der Waals surface area contributed by atoms with Gasteiger partial charge in [-0.3, -0.25) is 4.79 Å². The van der Waals surface area contributed by atoms with E-state index in [1.807, 2.05) is 6.92 Å². The van der Waals surface area contributed by atoms with Gasteiger partial charge in [0.1, 0.15) is 0 Å². The van der Waals surface area contributed by atoms with Crippen LogP contribution >= 0.6 is 0 Å². The van der Waals surface area contributed by atoms with Crippen LogP contribution in [0.1, 0.15) is 42.5 Å². The molecule has 2 aromatic heterocycles. The molecule has 0 amide bonds. The zero-order valence-corrected chi connectivity index (χ0v) is 18.7. The van der Waals surface area contributed by atoms with Gasteiger partial charge in [0.2, 0.25) is 0 Å². The Morgan fingerprint density at radius 3 is 1.80 bits per heavy atom. The fourth-order valence-corrected chi connectivity index (χ4v) is 4.73. The number of esters is 1. The van der Waals surface area contributed by atoms with Gasteiger partial charge in [0.25, 0.3) is 0 Å². The Labute approximate surface area is 178 Å². The monoisotopic (exact) mass is 402 g/mol. The lowest BCUT2D eigenvalue weighted by molar-refractivity contribution is -0.144. The predicted molar refractivity (Wildman–Crippen MR) is 123 cm³/mol. The Morgan fingerprint density at radius 2 is 1.37 bits per heavy atom. The van der Waals surface area contributed by atoms with Crippen LogP contribution in [-0.4, -0.2) is 21.7 Å². The average Bonchev–Trinajstić information content (AvgIpc) is 3.19. The van der Waals surface area contributed by atoms with E-state index in [4.69, 9.17) is 4.74 Å². The zero-order valence-electron chi connectivity index (χ0n) is 18.7. The highest BCUT2D eigenvalue weighted by molar-refractivity contribution is 5.92. The largest absolute Gasteiger partial charge is 0.466 e. The summed E-state index contributed by atoms with van der Waals surface area (Å²) in [6.07, 6.45) is 4.65. The molecule has 4 heteroatoms. The second kappa shape index (κ2) is 7.35. The molecule has 0 aliphatic heterocycles. The minimum atomic E-state index is -0.521. The molecule has 4 nitrogen and oxygen atoms in total. The summed E-state index contributed by atoms with van der Waals surface area (Å²) in [7, 11) is 4.14. The van der Waals surface area contributed by atoms with E-state index >= 15 is 0 Å². The normalized spacial score (nSPS) is 12.1. The van der Waals surface area contributed by atoms with Crippen molar-refractivity contribution >= 4 is 27.8 Å². The quantitative estimate of drug-likeness (QED) is 0.411. The summed E-state index contributed by atoms with van der Waals surface area (Å²) in [6, 6.07) is 13.0. The van der Waals surface area contributed by atoms with E-state index in [1.165, 1.54) is 32.9 Å². The van der Waals surface area contributed by atoms with Crippen molar-refractivity contribution in [2.75, 3.05) is 6.61 Å². The molecule has 30 heavy (non-hydrogen) atoms. The van der Waals surface area contributed by atoms with Crippen molar-refractivity contribution in [1.82, 2.24) is 9.13 Å². The molecule has 2 heterocycles. The summed E-state index contributed by atoms with van der Waals surface area (Å²) < 4.78 is 9.73. The SMILES string of the molecule is CCOC(=O)CC(C)(c1cn(C)c2ccc(C)cc12)c1cn(C)c2ccc(C)cc12. The van der Waals surface area contributed by atoms with Gasteiger partial charge in [-0.05, 0) is 56.2 Å². The number of aryl methyl sites for hydroxylation is 4. The van der Waals surface area contributed by atoms with E-state index < -0.39 is 5.41 Å². The van der Waals surface area contributed by atoms with Crippen LogP contribution in [0.25, 0.3) is 21.8 Å². The number of hydrogen-bond donors (Lipinski definition) is 0. The lowest BCUT2D eigenvalue weighted by Crippen LogP contribution is -2.28. The first kappa shape index (κ1) is 20.3. The molecular formula is C26H30N2O2. The van der Waals surface area contributed by atoms with E-state index in [1.54, 1.807) is 0 Å². The maximum atomic E-state index is 12.8. The number of carbonyl (C=O) groups is 1. The predicted octanol–water partition coefficient (Wildman–Crippen LogP) is 5.55. The van der Waals surface area contributed by atoms with Gasteiger partial charge < -0.3 is 13.9 Å². The van der Waals surface area contributed by atoms with Crippen LogP contribution in [-0.2, 0) is 29.0 Å². The van der Waals surface area contributed by atoms with E-state index in [9.17, 15) is 4.79 Å². The van der Waals surface area contributed by atoms with Gasteiger partial charge in [-0.15, -0.1) is 0 Å². The maximum absolute atomic E-state index is 12.8. The molecule has 0 N–H and O–H groups in total. The Hall–Kier alpha value is -3.01. The van der Waals surface area contributed by atoms with Crippen LogP contribution in [0, 0.1) is 13.8 Å². The highest BCUT2D eigenvalue weighted by atomic mass is 16.5. The standard InChI is InChI=1S/C26H30N2O2/c1-7-30-25(29)14-26(4,21-15-27(5)23-10-8-17(2)12-19(21)23)22-16-28(6)24-11-9-18(3)13-20(22)24/h8-13,15-16H,7,14H2,1-6H3. The summed E-state index contributed by atoms with van der Waals surface area (Å²) >= 11 is 0. The highest BCUT2D eigenvalue weighted by Crippen LogP contribution is 2.44. The molecule has 0 unspecified atom stereocenters. The van der Waals surface area contributed by atoms with Crippen molar-refractivity contribution in [3.05, 3.63) is 71.0 Å². The third-order valence-corrected chi connectivity index (χ3v) is 6.28. The summed E-state index contributed by atoms with van der Waals surface area (Å²) in [4.78, 5) is 12.8. The highest BCUT2D eigenvalue weighted by Gasteiger charge is 2.37. The second-order valence-corrected chi connectivity index (χ2v) is 8.66. The van der Waals surface area contributed by atoms with Crippen LogP contribution < -0.4 is 0 Å². The van der Waals surface area contributed by atoms with Crippen molar-refractivity contribution in [2.45, 2.75) is 39.5 Å². The number of benzene rings is 2. The summed E-state index contributed by atoms with van der Waals surface area (Å²) in [5, 5.41) is 2.38. The molecule has 156 valence electrons. The maximum Gasteiger partial charge on any atom is 0.307 e. The Morgan fingerprint density at radius 1 is 0.900 bits per heavy atom. The summed E-state index contributed by atoms with van der Waals surface area (Å²) in [6.45, 7) is 8.65. The van der Waals surface area contributed by atoms with Crippen LogP contribution in [0.2, 0.25) is 0 Å². The van der Waals surface area contributed by atoms with E-state index in [0.29, 0.717) is 13.0 Å². The van der Waals surface area contributed by atoms with Gasteiger partial charge in [0.05, 0.1) is 13.0 Å². The Kier molecular flexibility index (Phi) is 4.97. The molecule has 0 aliphatic rings. The molecule has 2 aromatic carbocycles. The third kappa shape index (κ3) is 3.20. The Balaban J connectivity index is 2.04. The molecule has 0 spiro atoms. The fourth-order valence-electron chi connectivity index (χ4n) is 4.73. The molecule has 0 saturated carbocycles. The molecule has 0 atom stereocenters. The molecule has 0 fully saturated rings. The molecule has 0 radical (unpaired) electrons.